The number of anilines is 1. The summed E-state index contributed by atoms with van der Waals surface area (Å²) in [5.41, 5.74) is 0.645. The zero-order valence-corrected chi connectivity index (χ0v) is 15.8. The molecule has 2 aromatic carbocycles. The first-order valence-electron chi connectivity index (χ1n) is 8.91. The van der Waals surface area contributed by atoms with E-state index < -0.39 is 17.0 Å². The third kappa shape index (κ3) is 3.12. The van der Waals surface area contributed by atoms with Gasteiger partial charge in [-0.1, -0.05) is 48.5 Å². The van der Waals surface area contributed by atoms with Crippen molar-refractivity contribution in [3.05, 3.63) is 65.7 Å². The molecule has 3 rings (SSSR count). The van der Waals surface area contributed by atoms with E-state index in [9.17, 15) is 9.59 Å². The fraction of sp³-hybridized carbons (Fsp3) is 0.364. The highest BCUT2D eigenvalue weighted by atomic mass is 16.6. The molecule has 0 spiro atoms. The van der Waals surface area contributed by atoms with Crippen molar-refractivity contribution in [2.45, 2.75) is 44.6 Å². The molecule has 1 aliphatic rings. The Bertz CT molecular complexity index is 823. The Hall–Kier alpha value is -2.62. The number of esters is 1. The number of benzene rings is 2. The molecular formula is C22H25NO3. The standard InChI is InChI=1S/C22H25NO3/c1-21(2,3)26-20(25)22(15-14-16-10-6-5-7-11-16)17-12-8-9-13-18(17)23(4)19(22)24/h5-13H,14-15H2,1-4H3. The van der Waals surface area contributed by atoms with E-state index in [1.54, 1.807) is 11.9 Å². The number of likely N-dealkylation sites (N-methyl/N-ethyl adjacent to an activating group) is 1. The van der Waals surface area contributed by atoms with Crippen molar-refractivity contribution in [3.63, 3.8) is 0 Å². The van der Waals surface area contributed by atoms with Crippen molar-refractivity contribution in [2.24, 2.45) is 0 Å². The largest absolute Gasteiger partial charge is 0.459 e. The van der Waals surface area contributed by atoms with Crippen LogP contribution in [0.25, 0.3) is 0 Å². The van der Waals surface area contributed by atoms with Crippen LogP contribution >= 0.6 is 0 Å². The number of carbonyl (C=O) groups is 2. The van der Waals surface area contributed by atoms with Crippen LogP contribution in [0.4, 0.5) is 5.69 Å². The summed E-state index contributed by atoms with van der Waals surface area (Å²) in [5, 5.41) is 0. The molecule has 0 saturated carbocycles. The lowest BCUT2D eigenvalue weighted by molar-refractivity contribution is -0.164. The van der Waals surface area contributed by atoms with E-state index in [1.807, 2.05) is 75.4 Å². The van der Waals surface area contributed by atoms with E-state index in [2.05, 4.69) is 0 Å². The van der Waals surface area contributed by atoms with Crippen LogP contribution in [0.15, 0.2) is 54.6 Å². The molecule has 26 heavy (non-hydrogen) atoms. The van der Waals surface area contributed by atoms with Gasteiger partial charge in [-0.05, 0) is 45.2 Å². The number of amides is 1. The maximum absolute atomic E-state index is 13.3. The van der Waals surface area contributed by atoms with Gasteiger partial charge in [0.25, 0.3) is 0 Å². The fourth-order valence-corrected chi connectivity index (χ4v) is 3.52. The van der Waals surface area contributed by atoms with Crippen LogP contribution in [0.2, 0.25) is 0 Å². The van der Waals surface area contributed by atoms with E-state index >= 15 is 0 Å². The Morgan fingerprint density at radius 2 is 1.65 bits per heavy atom. The van der Waals surface area contributed by atoms with Gasteiger partial charge in [0.2, 0.25) is 5.91 Å². The van der Waals surface area contributed by atoms with Gasteiger partial charge in [0.05, 0.1) is 0 Å². The Morgan fingerprint density at radius 3 is 2.31 bits per heavy atom. The number of aryl methyl sites for hydroxylation is 1. The van der Waals surface area contributed by atoms with Crippen molar-refractivity contribution < 1.29 is 14.3 Å². The number of carbonyl (C=O) groups excluding carboxylic acids is 2. The zero-order valence-electron chi connectivity index (χ0n) is 15.8. The van der Waals surface area contributed by atoms with E-state index in [0.717, 1.165) is 16.8 Å². The number of ether oxygens (including phenoxy) is 1. The molecule has 1 amide bonds. The summed E-state index contributed by atoms with van der Waals surface area (Å²) in [5.74, 6) is -0.688. The second kappa shape index (κ2) is 6.60. The monoisotopic (exact) mass is 351 g/mol. The molecule has 1 heterocycles. The summed E-state index contributed by atoms with van der Waals surface area (Å²) < 4.78 is 5.70. The van der Waals surface area contributed by atoms with Crippen molar-refractivity contribution in [1.29, 1.82) is 0 Å². The maximum Gasteiger partial charge on any atom is 0.326 e. The van der Waals surface area contributed by atoms with Gasteiger partial charge in [0, 0.05) is 18.3 Å². The van der Waals surface area contributed by atoms with E-state index in [0.29, 0.717) is 12.8 Å². The number of nitrogens with zero attached hydrogens (tertiary/aromatic N) is 1. The Labute approximate surface area is 154 Å². The molecule has 0 bridgehead atoms. The first-order valence-corrected chi connectivity index (χ1v) is 8.91. The van der Waals surface area contributed by atoms with Crippen molar-refractivity contribution in [3.8, 4) is 0 Å². The number of rotatable bonds is 4. The first-order chi connectivity index (χ1) is 12.3. The lowest BCUT2D eigenvalue weighted by Crippen LogP contribution is -2.48. The highest BCUT2D eigenvalue weighted by molar-refractivity contribution is 6.20. The van der Waals surface area contributed by atoms with Crippen molar-refractivity contribution in [2.75, 3.05) is 11.9 Å². The number of para-hydroxylation sites is 1. The number of fused-ring (bicyclic) bond motifs is 1. The van der Waals surface area contributed by atoms with Gasteiger partial charge in [0.15, 0.2) is 5.41 Å². The Morgan fingerprint density at radius 1 is 1.04 bits per heavy atom. The van der Waals surface area contributed by atoms with Gasteiger partial charge in [-0.3, -0.25) is 9.59 Å². The fourth-order valence-electron chi connectivity index (χ4n) is 3.52. The Balaban J connectivity index is 2.05. The van der Waals surface area contributed by atoms with Crippen LogP contribution in [0.1, 0.15) is 38.3 Å². The maximum atomic E-state index is 13.3. The summed E-state index contributed by atoms with van der Waals surface area (Å²) in [6, 6.07) is 17.4. The van der Waals surface area contributed by atoms with Gasteiger partial charge in [-0.25, -0.2) is 0 Å². The average Bonchev–Trinajstić information content (AvgIpc) is 2.82. The minimum Gasteiger partial charge on any atom is -0.459 e. The van der Waals surface area contributed by atoms with Crippen LogP contribution in [-0.4, -0.2) is 24.5 Å². The number of hydrogen-bond donors (Lipinski definition) is 0. The van der Waals surface area contributed by atoms with Gasteiger partial charge >= 0.3 is 5.97 Å². The van der Waals surface area contributed by atoms with E-state index in [1.165, 1.54) is 0 Å². The molecule has 0 fully saturated rings. The van der Waals surface area contributed by atoms with Crippen LogP contribution < -0.4 is 4.90 Å². The molecular weight excluding hydrogens is 326 g/mol. The summed E-state index contributed by atoms with van der Waals surface area (Å²) in [6.45, 7) is 5.47. The highest BCUT2D eigenvalue weighted by Crippen LogP contribution is 2.45. The second-order valence-electron chi connectivity index (χ2n) is 7.77. The van der Waals surface area contributed by atoms with Gasteiger partial charge in [0.1, 0.15) is 5.60 Å². The average molecular weight is 351 g/mol. The Kier molecular flexibility index (Phi) is 4.61. The molecule has 4 nitrogen and oxygen atoms in total. The van der Waals surface area contributed by atoms with Crippen LogP contribution in [0, 0.1) is 0 Å². The molecule has 136 valence electrons. The third-order valence-corrected chi connectivity index (χ3v) is 4.77. The number of hydrogen-bond acceptors (Lipinski definition) is 3. The molecule has 0 N–H and O–H groups in total. The SMILES string of the molecule is CN1C(=O)C(CCc2ccccc2)(C(=O)OC(C)(C)C)c2ccccc21. The lowest BCUT2D eigenvalue weighted by Gasteiger charge is -2.30. The molecule has 0 aliphatic carbocycles. The van der Waals surface area contributed by atoms with Gasteiger partial charge < -0.3 is 9.64 Å². The predicted octanol–water partition coefficient (Wildman–Crippen LogP) is 3.88. The molecule has 1 unspecified atom stereocenters. The lowest BCUT2D eigenvalue weighted by atomic mass is 9.76. The van der Waals surface area contributed by atoms with Crippen LogP contribution in [0.3, 0.4) is 0 Å². The molecule has 2 aromatic rings. The second-order valence-corrected chi connectivity index (χ2v) is 7.77. The quantitative estimate of drug-likeness (QED) is 0.620. The molecule has 0 saturated heterocycles. The normalized spacial score (nSPS) is 19.4. The molecule has 0 aromatic heterocycles. The summed E-state index contributed by atoms with van der Waals surface area (Å²) >= 11 is 0. The van der Waals surface area contributed by atoms with E-state index in [4.69, 9.17) is 4.74 Å². The molecule has 1 atom stereocenters. The predicted molar refractivity (Wildman–Crippen MR) is 102 cm³/mol. The van der Waals surface area contributed by atoms with E-state index in [-0.39, 0.29) is 5.91 Å². The third-order valence-electron chi connectivity index (χ3n) is 4.77. The first kappa shape index (κ1) is 18.2. The van der Waals surface area contributed by atoms with Gasteiger partial charge in [-0.2, -0.15) is 0 Å². The summed E-state index contributed by atoms with van der Waals surface area (Å²) in [6.07, 6.45) is 1.00. The van der Waals surface area contributed by atoms with Crippen molar-refractivity contribution >= 4 is 17.6 Å². The highest BCUT2D eigenvalue weighted by Gasteiger charge is 2.56. The molecule has 4 heteroatoms. The molecule has 1 aliphatic heterocycles. The summed E-state index contributed by atoms with van der Waals surface area (Å²) in [4.78, 5) is 28.1. The minimum atomic E-state index is -1.30. The van der Waals surface area contributed by atoms with Crippen LogP contribution in [-0.2, 0) is 26.2 Å². The van der Waals surface area contributed by atoms with Crippen LogP contribution in [0.5, 0.6) is 0 Å². The molecule has 0 radical (unpaired) electrons. The topological polar surface area (TPSA) is 46.6 Å². The smallest absolute Gasteiger partial charge is 0.326 e. The minimum absolute atomic E-state index is 0.219. The summed E-state index contributed by atoms with van der Waals surface area (Å²) in [7, 11) is 1.72. The van der Waals surface area contributed by atoms with Gasteiger partial charge in [-0.15, -0.1) is 0 Å². The zero-order chi connectivity index (χ0) is 18.9. The van der Waals surface area contributed by atoms with Crippen molar-refractivity contribution in [1.82, 2.24) is 0 Å².